The van der Waals surface area contributed by atoms with Crippen LogP contribution in [0.15, 0.2) is 30.3 Å². The van der Waals surface area contributed by atoms with Crippen LogP contribution in [0.5, 0.6) is 0 Å². The number of nitriles is 1. The zero-order valence-electron chi connectivity index (χ0n) is 11.4. The summed E-state index contributed by atoms with van der Waals surface area (Å²) in [6.07, 6.45) is 0.185. The zero-order chi connectivity index (χ0) is 15.8. The first-order valence-corrected chi connectivity index (χ1v) is 6.23. The highest BCUT2D eigenvalue weighted by atomic mass is 16.2. The van der Waals surface area contributed by atoms with Gasteiger partial charge in [-0.15, -0.1) is 0 Å². The molecule has 1 aromatic rings. The van der Waals surface area contributed by atoms with E-state index in [1.165, 1.54) is 0 Å². The summed E-state index contributed by atoms with van der Waals surface area (Å²) in [5, 5.41) is 9.15. The lowest BCUT2D eigenvalue weighted by atomic mass is 9.99. The number of benzene rings is 1. The van der Waals surface area contributed by atoms with Crippen molar-refractivity contribution in [2.24, 2.45) is 17.4 Å². The first-order chi connectivity index (χ1) is 9.93. The van der Waals surface area contributed by atoms with Gasteiger partial charge < -0.3 is 16.4 Å². The fourth-order valence-corrected chi connectivity index (χ4v) is 1.85. The minimum Gasteiger partial charge on any atom is -0.368 e. The average Bonchev–Trinajstić information content (AvgIpc) is 2.43. The second kappa shape index (κ2) is 7.65. The molecule has 1 aromatic carbocycles. The molecule has 0 aliphatic heterocycles. The van der Waals surface area contributed by atoms with Crippen LogP contribution in [0.1, 0.15) is 5.56 Å². The van der Waals surface area contributed by atoms with Crippen molar-refractivity contribution in [2.45, 2.75) is 6.42 Å². The molecule has 7 heteroatoms. The van der Waals surface area contributed by atoms with Crippen LogP contribution in [0.3, 0.4) is 0 Å². The Morgan fingerprint density at radius 2 is 1.62 bits per heavy atom. The summed E-state index contributed by atoms with van der Waals surface area (Å²) in [6.45, 7) is -0.899. The number of carbonyl (C=O) groups excluding carboxylic acids is 3. The minimum atomic E-state index is -1.01. The number of amides is 3. The Balaban J connectivity index is 2.85. The molecule has 0 aliphatic carbocycles. The van der Waals surface area contributed by atoms with Gasteiger partial charge in [-0.3, -0.25) is 14.4 Å². The van der Waals surface area contributed by atoms with Crippen molar-refractivity contribution in [2.75, 3.05) is 13.1 Å². The van der Waals surface area contributed by atoms with Gasteiger partial charge in [0.25, 0.3) is 0 Å². The Morgan fingerprint density at radius 3 is 2.05 bits per heavy atom. The SMILES string of the molecule is N#CC(Cc1ccccc1)C(=O)N(CC(N)=O)CC(N)=O. The molecular weight excluding hydrogens is 272 g/mol. The Hall–Kier alpha value is -2.88. The van der Waals surface area contributed by atoms with E-state index in [1.807, 2.05) is 12.1 Å². The molecule has 1 unspecified atom stereocenters. The molecule has 0 heterocycles. The highest BCUT2D eigenvalue weighted by Gasteiger charge is 2.26. The monoisotopic (exact) mass is 288 g/mol. The molecular formula is C14H16N4O3. The molecule has 0 aromatic heterocycles. The highest BCUT2D eigenvalue weighted by Crippen LogP contribution is 2.11. The van der Waals surface area contributed by atoms with Crippen molar-refractivity contribution in [3.8, 4) is 6.07 Å². The van der Waals surface area contributed by atoms with E-state index in [9.17, 15) is 14.4 Å². The lowest BCUT2D eigenvalue weighted by Crippen LogP contribution is -2.46. The van der Waals surface area contributed by atoms with Gasteiger partial charge in [-0.05, 0) is 12.0 Å². The molecule has 1 atom stereocenters. The van der Waals surface area contributed by atoms with Gasteiger partial charge in [-0.25, -0.2) is 0 Å². The van der Waals surface area contributed by atoms with Crippen LogP contribution in [-0.2, 0) is 20.8 Å². The Bertz CT molecular complexity index is 549. The van der Waals surface area contributed by atoms with Gasteiger partial charge in [0.2, 0.25) is 17.7 Å². The molecule has 7 nitrogen and oxygen atoms in total. The number of rotatable bonds is 7. The minimum absolute atomic E-state index is 0.185. The number of hydrogen-bond acceptors (Lipinski definition) is 4. The van der Waals surface area contributed by atoms with Gasteiger partial charge in [-0.1, -0.05) is 30.3 Å². The first-order valence-electron chi connectivity index (χ1n) is 6.23. The summed E-state index contributed by atoms with van der Waals surface area (Å²) < 4.78 is 0. The molecule has 0 fully saturated rings. The summed E-state index contributed by atoms with van der Waals surface area (Å²) >= 11 is 0. The van der Waals surface area contributed by atoms with Crippen LogP contribution in [-0.4, -0.2) is 35.7 Å². The smallest absolute Gasteiger partial charge is 0.241 e. The fourth-order valence-electron chi connectivity index (χ4n) is 1.85. The topological polar surface area (TPSA) is 130 Å². The number of primary amides is 2. The third kappa shape index (κ3) is 5.32. The maximum Gasteiger partial charge on any atom is 0.241 e. The van der Waals surface area contributed by atoms with E-state index in [4.69, 9.17) is 16.7 Å². The van der Waals surface area contributed by atoms with Crippen molar-refractivity contribution in [1.82, 2.24) is 4.90 Å². The van der Waals surface area contributed by atoms with E-state index in [2.05, 4.69) is 0 Å². The van der Waals surface area contributed by atoms with Crippen molar-refractivity contribution in [3.63, 3.8) is 0 Å². The highest BCUT2D eigenvalue weighted by molar-refractivity contribution is 5.90. The summed E-state index contributed by atoms with van der Waals surface area (Å²) in [7, 11) is 0. The number of carbonyl (C=O) groups is 3. The molecule has 0 saturated heterocycles. The van der Waals surface area contributed by atoms with Gasteiger partial charge in [-0.2, -0.15) is 5.26 Å². The molecule has 4 N–H and O–H groups in total. The Labute approximate surface area is 122 Å². The molecule has 0 bridgehead atoms. The quantitative estimate of drug-likeness (QED) is 0.677. The van der Waals surface area contributed by atoms with E-state index in [-0.39, 0.29) is 6.42 Å². The van der Waals surface area contributed by atoms with Crippen molar-refractivity contribution < 1.29 is 14.4 Å². The normalized spacial score (nSPS) is 11.2. The third-order valence-corrected chi connectivity index (χ3v) is 2.74. The first kappa shape index (κ1) is 16.2. The molecule has 21 heavy (non-hydrogen) atoms. The Morgan fingerprint density at radius 1 is 1.10 bits per heavy atom. The summed E-state index contributed by atoms with van der Waals surface area (Å²) in [6, 6.07) is 10.8. The van der Waals surface area contributed by atoms with E-state index in [1.54, 1.807) is 24.3 Å². The van der Waals surface area contributed by atoms with E-state index in [0.29, 0.717) is 0 Å². The van der Waals surface area contributed by atoms with Gasteiger partial charge in [0.15, 0.2) is 0 Å². The van der Waals surface area contributed by atoms with Crippen LogP contribution in [0.4, 0.5) is 0 Å². The number of nitrogens with two attached hydrogens (primary N) is 2. The molecule has 0 radical (unpaired) electrons. The van der Waals surface area contributed by atoms with Crippen LogP contribution < -0.4 is 11.5 Å². The molecule has 1 rings (SSSR count). The number of hydrogen-bond donors (Lipinski definition) is 2. The van der Waals surface area contributed by atoms with Crippen LogP contribution in [0.25, 0.3) is 0 Å². The second-order valence-corrected chi connectivity index (χ2v) is 4.50. The van der Waals surface area contributed by atoms with Crippen LogP contribution in [0, 0.1) is 17.2 Å². The molecule has 0 aliphatic rings. The maximum absolute atomic E-state index is 12.2. The largest absolute Gasteiger partial charge is 0.368 e. The predicted molar refractivity (Wildman–Crippen MR) is 74.2 cm³/mol. The van der Waals surface area contributed by atoms with Crippen molar-refractivity contribution >= 4 is 17.7 Å². The zero-order valence-corrected chi connectivity index (χ0v) is 11.4. The predicted octanol–water partition coefficient (Wildman–Crippen LogP) is -0.832. The standard InChI is InChI=1S/C14H16N4O3/c15-7-11(6-10-4-2-1-3-5-10)14(21)18(8-12(16)19)9-13(17)20/h1-5,11H,6,8-9H2,(H2,16,19)(H2,17,20). The third-order valence-electron chi connectivity index (χ3n) is 2.74. The Kier molecular flexibility index (Phi) is 5.89. The summed E-state index contributed by atoms with van der Waals surface area (Å²) in [5.41, 5.74) is 10.9. The van der Waals surface area contributed by atoms with Gasteiger partial charge in [0, 0.05) is 0 Å². The number of nitrogens with zero attached hydrogens (tertiary/aromatic N) is 2. The molecule has 110 valence electrons. The summed E-state index contributed by atoms with van der Waals surface area (Å²) in [5.74, 6) is -3.20. The fraction of sp³-hybridized carbons (Fsp3) is 0.286. The van der Waals surface area contributed by atoms with Crippen molar-refractivity contribution in [1.29, 1.82) is 5.26 Å². The molecule has 0 spiro atoms. The van der Waals surface area contributed by atoms with Crippen LogP contribution >= 0.6 is 0 Å². The molecule has 3 amide bonds. The maximum atomic E-state index is 12.2. The van der Waals surface area contributed by atoms with Crippen LogP contribution in [0.2, 0.25) is 0 Å². The molecule has 0 saturated carbocycles. The average molecular weight is 288 g/mol. The van der Waals surface area contributed by atoms with E-state index < -0.39 is 36.7 Å². The second-order valence-electron chi connectivity index (χ2n) is 4.50. The van der Waals surface area contributed by atoms with Gasteiger partial charge in [0.05, 0.1) is 19.2 Å². The van der Waals surface area contributed by atoms with Gasteiger partial charge in [0.1, 0.15) is 5.92 Å². The lowest BCUT2D eigenvalue weighted by Gasteiger charge is -2.22. The van der Waals surface area contributed by atoms with Gasteiger partial charge >= 0.3 is 0 Å². The lowest BCUT2D eigenvalue weighted by molar-refractivity contribution is -0.139. The van der Waals surface area contributed by atoms with E-state index in [0.717, 1.165) is 10.5 Å². The summed E-state index contributed by atoms with van der Waals surface area (Å²) in [4.78, 5) is 35.1. The van der Waals surface area contributed by atoms with Crippen molar-refractivity contribution in [3.05, 3.63) is 35.9 Å². The van der Waals surface area contributed by atoms with E-state index >= 15 is 0 Å².